The molecule has 1 saturated heterocycles. The van der Waals surface area contributed by atoms with Crippen molar-refractivity contribution < 1.29 is 17.8 Å². The number of carbonyl (C=O) groups is 1. The maximum absolute atomic E-state index is 13.9. The van der Waals surface area contributed by atoms with Crippen molar-refractivity contribution in [2.75, 3.05) is 49.7 Å². The van der Waals surface area contributed by atoms with Gasteiger partial charge in [0.2, 0.25) is 5.92 Å². The molecule has 1 aliphatic heterocycles. The molecular formula is C23H30BrF2N5O2S. The van der Waals surface area contributed by atoms with E-state index in [1.54, 1.807) is 55.6 Å². The number of amides is 1. The number of hydrogen-bond acceptors (Lipinski definition) is 6. The van der Waals surface area contributed by atoms with Crippen LogP contribution in [0.5, 0.6) is 0 Å². The van der Waals surface area contributed by atoms with E-state index < -0.39 is 21.6 Å². The van der Waals surface area contributed by atoms with Gasteiger partial charge in [0, 0.05) is 60.0 Å². The number of hydrogen-bond donors (Lipinski definition) is 2. The molecule has 1 atom stereocenters. The molecule has 1 amide bonds. The van der Waals surface area contributed by atoms with E-state index >= 15 is 0 Å². The fourth-order valence-corrected chi connectivity index (χ4v) is 5.33. The van der Waals surface area contributed by atoms with Gasteiger partial charge >= 0.3 is 0 Å². The standard InChI is InChI=1S/C23H30BrF2N5O2S/c1-16-19(24)15-28-21(31-12-5-8-23(25,26)9-13-31)20(16)22(32)30-17-6-4-7-18(14-17)34(3,33)29-11-10-27-2/h4,6-7,14-15,27H,5,8-13H2,1-3H3,(H,30,32)/t34-/m1/s1. The second-order valence-corrected chi connectivity index (χ2v) is 11.6. The molecule has 1 aliphatic rings. The highest BCUT2D eigenvalue weighted by Crippen LogP contribution is 2.33. The summed E-state index contributed by atoms with van der Waals surface area (Å²) in [7, 11) is -0.827. The van der Waals surface area contributed by atoms with E-state index in [-0.39, 0.29) is 19.4 Å². The minimum absolute atomic E-state index is 0.114. The lowest BCUT2D eigenvalue weighted by Crippen LogP contribution is -2.30. The first-order valence-corrected chi connectivity index (χ1v) is 13.8. The van der Waals surface area contributed by atoms with Gasteiger partial charge in [0.25, 0.3) is 5.91 Å². The van der Waals surface area contributed by atoms with Crippen LogP contribution in [-0.2, 0) is 9.73 Å². The summed E-state index contributed by atoms with van der Waals surface area (Å²) in [5.41, 5.74) is 1.45. The van der Waals surface area contributed by atoms with Gasteiger partial charge in [-0.1, -0.05) is 6.07 Å². The fraction of sp³-hybridized carbons (Fsp3) is 0.478. The average molecular weight is 558 g/mol. The van der Waals surface area contributed by atoms with Gasteiger partial charge in [-0.25, -0.2) is 22.3 Å². The third kappa shape index (κ3) is 6.51. The minimum Gasteiger partial charge on any atom is -0.356 e. The number of pyridine rings is 1. The van der Waals surface area contributed by atoms with Gasteiger partial charge in [0.05, 0.1) is 21.8 Å². The molecular weight excluding hydrogens is 528 g/mol. The van der Waals surface area contributed by atoms with Crippen LogP contribution in [0.25, 0.3) is 0 Å². The highest BCUT2D eigenvalue weighted by atomic mass is 79.9. The summed E-state index contributed by atoms with van der Waals surface area (Å²) in [5, 5.41) is 5.83. The second kappa shape index (κ2) is 11.1. The Morgan fingerprint density at radius 2 is 2.09 bits per heavy atom. The van der Waals surface area contributed by atoms with Crippen molar-refractivity contribution in [3.8, 4) is 0 Å². The summed E-state index contributed by atoms with van der Waals surface area (Å²) < 4.78 is 45.8. The van der Waals surface area contributed by atoms with Crippen LogP contribution < -0.4 is 15.5 Å². The molecule has 34 heavy (non-hydrogen) atoms. The van der Waals surface area contributed by atoms with Gasteiger partial charge in [0.1, 0.15) is 5.82 Å². The van der Waals surface area contributed by atoms with Crippen molar-refractivity contribution in [3.63, 3.8) is 0 Å². The SMILES string of the molecule is CNCCN=[S@](C)(=O)c1cccc(NC(=O)c2c(N3CCCC(F)(F)CC3)ncc(Br)c2C)c1. The molecule has 11 heteroatoms. The Kier molecular flexibility index (Phi) is 8.64. The molecule has 2 N–H and O–H groups in total. The molecule has 0 spiro atoms. The highest BCUT2D eigenvalue weighted by Gasteiger charge is 2.33. The van der Waals surface area contributed by atoms with E-state index in [9.17, 15) is 17.8 Å². The van der Waals surface area contributed by atoms with Crippen LogP contribution in [0.4, 0.5) is 20.3 Å². The number of anilines is 2. The Morgan fingerprint density at radius 3 is 2.82 bits per heavy atom. The zero-order chi connectivity index (χ0) is 24.9. The molecule has 1 aromatic heterocycles. The van der Waals surface area contributed by atoms with Crippen LogP contribution in [0, 0.1) is 6.92 Å². The Morgan fingerprint density at radius 1 is 1.32 bits per heavy atom. The first-order valence-electron chi connectivity index (χ1n) is 11.1. The third-order valence-electron chi connectivity index (χ3n) is 5.73. The molecule has 2 heterocycles. The van der Waals surface area contributed by atoms with Crippen molar-refractivity contribution >= 4 is 43.1 Å². The number of carbonyl (C=O) groups excluding carboxylic acids is 1. The third-order valence-corrected chi connectivity index (χ3v) is 8.33. The molecule has 0 bridgehead atoms. The summed E-state index contributed by atoms with van der Waals surface area (Å²) >= 11 is 3.42. The maximum atomic E-state index is 13.9. The maximum Gasteiger partial charge on any atom is 0.259 e. The molecule has 0 saturated carbocycles. The lowest BCUT2D eigenvalue weighted by molar-refractivity contribution is -0.0102. The topological polar surface area (TPSA) is 86.7 Å². The zero-order valence-corrected chi connectivity index (χ0v) is 21.9. The summed E-state index contributed by atoms with van der Waals surface area (Å²) in [6.07, 6.45) is 3.01. The van der Waals surface area contributed by atoms with E-state index in [0.717, 1.165) is 0 Å². The monoisotopic (exact) mass is 557 g/mol. The van der Waals surface area contributed by atoms with Gasteiger partial charge in [-0.05, 0) is 60.1 Å². The smallest absolute Gasteiger partial charge is 0.259 e. The van der Waals surface area contributed by atoms with Crippen molar-refractivity contribution in [3.05, 3.63) is 46.1 Å². The highest BCUT2D eigenvalue weighted by molar-refractivity contribution is 9.10. The molecule has 0 unspecified atom stereocenters. The number of aromatic nitrogens is 1. The predicted octanol–water partition coefficient (Wildman–Crippen LogP) is 4.71. The van der Waals surface area contributed by atoms with Gasteiger partial charge in [-0.2, -0.15) is 0 Å². The molecule has 0 aliphatic carbocycles. The van der Waals surface area contributed by atoms with E-state index in [2.05, 4.69) is 35.9 Å². The number of alkyl halides is 2. The molecule has 186 valence electrons. The summed E-state index contributed by atoms with van der Waals surface area (Å²) in [6.45, 7) is 3.31. The largest absolute Gasteiger partial charge is 0.356 e. The lowest BCUT2D eigenvalue weighted by Gasteiger charge is -2.25. The Bertz CT molecular complexity index is 1170. The van der Waals surface area contributed by atoms with E-state index in [4.69, 9.17) is 0 Å². The van der Waals surface area contributed by atoms with Crippen molar-refractivity contribution in [1.82, 2.24) is 10.3 Å². The number of rotatable bonds is 7. The van der Waals surface area contributed by atoms with Crippen LogP contribution in [0.15, 0.2) is 44.2 Å². The lowest BCUT2D eigenvalue weighted by atomic mass is 10.1. The minimum atomic E-state index is -2.71. The number of likely N-dealkylation sites (N-methyl/N-ethyl adjacent to an activating group) is 1. The quantitative estimate of drug-likeness (QED) is 0.481. The average Bonchev–Trinajstić information content (AvgIpc) is 2.96. The van der Waals surface area contributed by atoms with Crippen LogP contribution in [0.2, 0.25) is 0 Å². The number of benzene rings is 1. The van der Waals surface area contributed by atoms with Crippen LogP contribution in [-0.4, -0.2) is 60.5 Å². The van der Waals surface area contributed by atoms with Crippen molar-refractivity contribution in [2.24, 2.45) is 4.36 Å². The molecule has 0 radical (unpaired) electrons. The zero-order valence-electron chi connectivity index (χ0n) is 19.5. The van der Waals surface area contributed by atoms with E-state index in [0.29, 0.717) is 58.1 Å². The number of halogens is 3. The van der Waals surface area contributed by atoms with Crippen LogP contribution in [0.1, 0.15) is 35.2 Å². The van der Waals surface area contributed by atoms with Crippen LogP contribution in [0.3, 0.4) is 0 Å². The Balaban J connectivity index is 1.90. The van der Waals surface area contributed by atoms with Crippen molar-refractivity contribution in [1.29, 1.82) is 0 Å². The molecule has 1 fully saturated rings. The fourth-order valence-electron chi connectivity index (χ4n) is 3.76. The first-order chi connectivity index (χ1) is 16.0. The van der Waals surface area contributed by atoms with Gasteiger partial charge in [-0.15, -0.1) is 0 Å². The van der Waals surface area contributed by atoms with E-state index in [1.165, 1.54) is 0 Å². The molecule has 2 aromatic rings. The second-order valence-electron chi connectivity index (χ2n) is 8.37. The Labute approximate surface area is 208 Å². The van der Waals surface area contributed by atoms with Gasteiger partial charge in [0.15, 0.2) is 0 Å². The Hall–Kier alpha value is -2.11. The molecule has 3 rings (SSSR count). The predicted molar refractivity (Wildman–Crippen MR) is 136 cm³/mol. The molecule has 7 nitrogen and oxygen atoms in total. The normalized spacial score (nSPS) is 17.5. The molecule has 1 aromatic carbocycles. The summed E-state index contributed by atoms with van der Waals surface area (Å²) in [6, 6.07) is 6.79. The van der Waals surface area contributed by atoms with Gasteiger partial charge in [-0.3, -0.25) is 4.79 Å². The van der Waals surface area contributed by atoms with Crippen LogP contribution >= 0.6 is 15.9 Å². The summed E-state index contributed by atoms with van der Waals surface area (Å²) in [4.78, 5) is 20.1. The van der Waals surface area contributed by atoms with Crippen molar-refractivity contribution in [2.45, 2.75) is 37.0 Å². The number of nitrogens with one attached hydrogen (secondary N) is 2. The number of nitrogens with zero attached hydrogens (tertiary/aromatic N) is 3. The summed E-state index contributed by atoms with van der Waals surface area (Å²) in [5.74, 6) is -2.74. The van der Waals surface area contributed by atoms with E-state index in [1.807, 2.05) is 0 Å². The van der Waals surface area contributed by atoms with Gasteiger partial charge < -0.3 is 15.5 Å². The first kappa shape index (κ1) is 26.5.